The van der Waals surface area contributed by atoms with Crippen molar-refractivity contribution in [3.05, 3.63) is 0 Å². The van der Waals surface area contributed by atoms with E-state index in [9.17, 15) is 4.79 Å². The standard InChI is InChI=1S/C13H24N2O2/c1-10(2)12(16)15-11-9-17-8-5-13(11)3-6-14-7-4-13/h10-11,14H,3-9H2,1-2H3,(H,15,16)/t11-/m1/s1. The van der Waals surface area contributed by atoms with Gasteiger partial charge < -0.3 is 15.4 Å². The molecule has 17 heavy (non-hydrogen) atoms. The third-order valence-electron chi connectivity index (χ3n) is 4.21. The van der Waals surface area contributed by atoms with Crippen LogP contribution < -0.4 is 10.6 Å². The molecule has 2 aliphatic rings. The average Bonchev–Trinajstić information content (AvgIpc) is 2.33. The van der Waals surface area contributed by atoms with E-state index in [-0.39, 0.29) is 23.3 Å². The van der Waals surface area contributed by atoms with Crippen LogP contribution in [0.15, 0.2) is 0 Å². The third kappa shape index (κ3) is 2.80. The molecule has 98 valence electrons. The van der Waals surface area contributed by atoms with E-state index in [4.69, 9.17) is 4.74 Å². The molecule has 4 heteroatoms. The monoisotopic (exact) mass is 240 g/mol. The van der Waals surface area contributed by atoms with Gasteiger partial charge in [0.2, 0.25) is 5.91 Å². The zero-order valence-electron chi connectivity index (χ0n) is 10.9. The Morgan fingerprint density at radius 2 is 2.06 bits per heavy atom. The summed E-state index contributed by atoms with van der Waals surface area (Å²) in [7, 11) is 0. The van der Waals surface area contributed by atoms with Gasteiger partial charge in [-0.15, -0.1) is 0 Å². The summed E-state index contributed by atoms with van der Waals surface area (Å²) in [6.45, 7) is 7.52. The fraction of sp³-hybridized carbons (Fsp3) is 0.923. The minimum atomic E-state index is 0.0516. The maximum atomic E-state index is 11.9. The summed E-state index contributed by atoms with van der Waals surface area (Å²) in [5.74, 6) is 0.203. The first kappa shape index (κ1) is 12.8. The lowest BCUT2D eigenvalue weighted by Crippen LogP contribution is -2.57. The molecule has 1 amide bonds. The van der Waals surface area contributed by atoms with E-state index in [1.165, 1.54) is 0 Å². The minimum absolute atomic E-state index is 0.0516. The fourth-order valence-corrected chi connectivity index (χ4v) is 2.88. The Kier molecular flexibility index (Phi) is 4.05. The van der Waals surface area contributed by atoms with E-state index in [0.29, 0.717) is 6.61 Å². The molecule has 1 atom stereocenters. The molecule has 0 unspecified atom stereocenters. The van der Waals surface area contributed by atoms with Crippen LogP contribution in [0.2, 0.25) is 0 Å². The van der Waals surface area contributed by atoms with Gasteiger partial charge >= 0.3 is 0 Å². The molecule has 2 fully saturated rings. The number of carbonyl (C=O) groups is 1. The molecule has 0 radical (unpaired) electrons. The third-order valence-corrected chi connectivity index (χ3v) is 4.21. The molecule has 2 heterocycles. The van der Waals surface area contributed by atoms with Gasteiger partial charge in [-0.05, 0) is 37.8 Å². The molecule has 4 nitrogen and oxygen atoms in total. The Hall–Kier alpha value is -0.610. The van der Waals surface area contributed by atoms with Crippen molar-refractivity contribution in [2.75, 3.05) is 26.3 Å². The molecular formula is C13H24N2O2. The second-order valence-electron chi connectivity index (χ2n) is 5.65. The van der Waals surface area contributed by atoms with Crippen molar-refractivity contribution in [3.63, 3.8) is 0 Å². The van der Waals surface area contributed by atoms with Crippen LogP contribution in [0.25, 0.3) is 0 Å². The lowest BCUT2D eigenvalue weighted by atomic mass is 9.69. The van der Waals surface area contributed by atoms with E-state index in [0.717, 1.165) is 39.0 Å². The SMILES string of the molecule is CC(C)C(=O)N[C@@H]1COCCC12CCNCC2. The Balaban J connectivity index is 2.03. The maximum Gasteiger partial charge on any atom is 0.222 e. The van der Waals surface area contributed by atoms with Crippen molar-refractivity contribution in [2.45, 2.75) is 39.2 Å². The van der Waals surface area contributed by atoms with Gasteiger partial charge in [0, 0.05) is 12.5 Å². The highest BCUT2D eigenvalue weighted by molar-refractivity contribution is 5.78. The van der Waals surface area contributed by atoms with Crippen LogP contribution in [0.4, 0.5) is 0 Å². The zero-order valence-corrected chi connectivity index (χ0v) is 10.9. The van der Waals surface area contributed by atoms with Gasteiger partial charge in [0.1, 0.15) is 0 Å². The zero-order chi connectivity index (χ0) is 12.3. The maximum absolute atomic E-state index is 11.9. The second kappa shape index (κ2) is 5.36. The number of piperidine rings is 1. The highest BCUT2D eigenvalue weighted by Gasteiger charge is 2.42. The predicted molar refractivity (Wildman–Crippen MR) is 66.7 cm³/mol. The Labute approximate surface area is 103 Å². The summed E-state index contributed by atoms with van der Waals surface area (Å²) < 4.78 is 5.56. The van der Waals surface area contributed by atoms with E-state index < -0.39 is 0 Å². The molecule has 2 saturated heterocycles. The van der Waals surface area contributed by atoms with Crippen LogP contribution in [0.5, 0.6) is 0 Å². The number of nitrogens with one attached hydrogen (secondary N) is 2. The molecule has 2 N–H and O–H groups in total. The van der Waals surface area contributed by atoms with Gasteiger partial charge in [0.15, 0.2) is 0 Å². The van der Waals surface area contributed by atoms with Gasteiger partial charge in [0.05, 0.1) is 12.6 Å². The lowest BCUT2D eigenvalue weighted by molar-refractivity contribution is -0.128. The first-order valence-corrected chi connectivity index (χ1v) is 6.73. The molecule has 0 aliphatic carbocycles. The van der Waals surface area contributed by atoms with E-state index in [1.54, 1.807) is 0 Å². The largest absolute Gasteiger partial charge is 0.379 e. The summed E-state index contributed by atoms with van der Waals surface area (Å²) in [4.78, 5) is 11.9. The van der Waals surface area contributed by atoms with Crippen LogP contribution in [-0.2, 0) is 9.53 Å². The molecular weight excluding hydrogens is 216 g/mol. The van der Waals surface area contributed by atoms with Crippen molar-refractivity contribution in [1.29, 1.82) is 0 Å². The number of rotatable bonds is 2. The van der Waals surface area contributed by atoms with Crippen LogP contribution in [0.1, 0.15) is 33.1 Å². The van der Waals surface area contributed by atoms with E-state index in [1.807, 2.05) is 13.8 Å². The van der Waals surface area contributed by atoms with Gasteiger partial charge in [0.25, 0.3) is 0 Å². The summed E-state index contributed by atoms with van der Waals surface area (Å²) in [6, 6.07) is 0.202. The predicted octanol–water partition coefficient (Wildman–Crippen LogP) is 0.917. The van der Waals surface area contributed by atoms with Crippen molar-refractivity contribution < 1.29 is 9.53 Å². The topological polar surface area (TPSA) is 50.4 Å². The van der Waals surface area contributed by atoms with Crippen molar-refractivity contribution in [3.8, 4) is 0 Å². The summed E-state index contributed by atoms with van der Waals surface area (Å²) in [5.41, 5.74) is 0.272. The molecule has 2 rings (SSSR count). The Morgan fingerprint density at radius 1 is 1.35 bits per heavy atom. The number of amides is 1. The molecule has 0 aromatic carbocycles. The Morgan fingerprint density at radius 3 is 2.71 bits per heavy atom. The smallest absolute Gasteiger partial charge is 0.222 e. The average molecular weight is 240 g/mol. The number of carbonyl (C=O) groups excluding carboxylic acids is 1. The van der Waals surface area contributed by atoms with Gasteiger partial charge in [-0.3, -0.25) is 4.79 Å². The molecule has 1 spiro atoms. The highest BCUT2D eigenvalue weighted by atomic mass is 16.5. The first-order valence-electron chi connectivity index (χ1n) is 6.73. The van der Waals surface area contributed by atoms with Crippen LogP contribution >= 0.6 is 0 Å². The normalized spacial score (nSPS) is 28.3. The van der Waals surface area contributed by atoms with Crippen LogP contribution in [-0.4, -0.2) is 38.3 Å². The van der Waals surface area contributed by atoms with Gasteiger partial charge in [-0.1, -0.05) is 13.8 Å². The molecule has 0 aromatic heterocycles. The molecule has 0 saturated carbocycles. The highest BCUT2D eigenvalue weighted by Crippen LogP contribution is 2.39. The number of hydrogen-bond donors (Lipinski definition) is 2. The van der Waals surface area contributed by atoms with Crippen molar-refractivity contribution in [2.24, 2.45) is 11.3 Å². The van der Waals surface area contributed by atoms with Gasteiger partial charge in [-0.25, -0.2) is 0 Å². The van der Waals surface area contributed by atoms with Crippen molar-refractivity contribution >= 4 is 5.91 Å². The quantitative estimate of drug-likeness (QED) is 0.754. The minimum Gasteiger partial charge on any atom is -0.379 e. The number of hydrogen-bond acceptors (Lipinski definition) is 3. The second-order valence-corrected chi connectivity index (χ2v) is 5.65. The summed E-state index contributed by atoms with van der Waals surface area (Å²) >= 11 is 0. The van der Waals surface area contributed by atoms with Crippen molar-refractivity contribution in [1.82, 2.24) is 10.6 Å². The lowest BCUT2D eigenvalue weighted by Gasteiger charge is -2.47. The fourth-order valence-electron chi connectivity index (χ4n) is 2.88. The first-order chi connectivity index (χ1) is 8.14. The van der Waals surface area contributed by atoms with E-state index >= 15 is 0 Å². The Bertz CT molecular complexity index is 264. The molecule has 0 bridgehead atoms. The molecule has 0 aromatic rings. The van der Waals surface area contributed by atoms with Gasteiger partial charge in [-0.2, -0.15) is 0 Å². The summed E-state index contributed by atoms with van der Waals surface area (Å²) in [5, 5.41) is 6.59. The van der Waals surface area contributed by atoms with E-state index in [2.05, 4.69) is 10.6 Å². The van der Waals surface area contributed by atoms with Crippen LogP contribution in [0.3, 0.4) is 0 Å². The summed E-state index contributed by atoms with van der Waals surface area (Å²) in [6.07, 6.45) is 3.39. The number of ether oxygens (including phenoxy) is 1. The molecule has 2 aliphatic heterocycles. The van der Waals surface area contributed by atoms with Crippen LogP contribution in [0, 0.1) is 11.3 Å².